The number of nitrogens with zero attached hydrogens (tertiary/aromatic N) is 3. The average molecular weight is 256 g/mol. The normalized spacial score (nSPS) is 23.8. The Labute approximate surface area is 113 Å². The van der Waals surface area contributed by atoms with Crippen molar-refractivity contribution in [3.05, 3.63) is 30.2 Å². The van der Waals surface area contributed by atoms with Crippen molar-refractivity contribution in [2.45, 2.75) is 26.3 Å². The fourth-order valence-electron chi connectivity index (χ4n) is 3.04. The van der Waals surface area contributed by atoms with E-state index in [0.717, 1.165) is 36.4 Å². The molecule has 2 aromatic heterocycles. The largest absolute Gasteiger partial charge is 0.368 e. The molecular formula is C15H20N4. The molecule has 0 unspecified atom stereocenters. The molecule has 0 aromatic carbocycles. The molecule has 1 aliphatic heterocycles. The molecule has 3 heterocycles. The van der Waals surface area contributed by atoms with Gasteiger partial charge in [0.2, 0.25) is 0 Å². The summed E-state index contributed by atoms with van der Waals surface area (Å²) in [6.45, 7) is 6.21. The number of hydrogen-bond acceptors (Lipinski definition) is 4. The molecule has 0 aliphatic carbocycles. The van der Waals surface area contributed by atoms with Gasteiger partial charge in [-0.25, -0.2) is 0 Å². The van der Waals surface area contributed by atoms with Gasteiger partial charge in [0.1, 0.15) is 0 Å². The second-order valence-electron chi connectivity index (χ2n) is 5.63. The Kier molecular flexibility index (Phi) is 3.11. The number of aryl methyl sites for hydroxylation is 1. The molecule has 0 radical (unpaired) electrons. The monoisotopic (exact) mass is 256 g/mol. The predicted molar refractivity (Wildman–Crippen MR) is 78.2 cm³/mol. The van der Waals surface area contributed by atoms with Crippen molar-refractivity contribution in [1.82, 2.24) is 9.97 Å². The Hall–Kier alpha value is -1.68. The second kappa shape index (κ2) is 4.78. The van der Waals surface area contributed by atoms with Crippen molar-refractivity contribution in [2.24, 2.45) is 11.7 Å². The van der Waals surface area contributed by atoms with Gasteiger partial charge in [0.15, 0.2) is 0 Å². The standard InChI is InChI=1S/C15H20N4/c1-10-6-12(16)9-19(8-10)14-7-18-11(2)15-13(14)4-3-5-17-15/h3-5,7,10,12H,6,8-9,16H2,1-2H3/t10-,12+/m0/s1. The number of piperidine rings is 1. The Bertz CT molecular complexity index is 586. The first-order valence-corrected chi connectivity index (χ1v) is 6.86. The maximum absolute atomic E-state index is 6.15. The van der Waals surface area contributed by atoms with Crippen LogP contribution in [0, 0.1) is 12.8 Å². The smallest absolute Gasteiger partial charge is 0.0935 e. The van der Waals surface area contributed by atoms with Gasteiger partial charge in [-0.3, -0.25) is 9.97 Å². The fraction of sp³-hybridized carbons (Fsp3) is 0.467. The third-order valence-electron chi connectivity index (χ3n) is 3.84. The van der Waals surface area contributed by atoms with Crippen molar-refractivity contribution in [1.29, 1.82) is 0 Å². The number of rotatable bonds is 1. The third-order valence-corrected chi connectivity index (χ3v) is 3.84. The number of hydrogen-bond donors (Lipinski definition) is 1. The zero-order valence-corrected chi connectivity index (χ0v) is 11.5. The summed E-state index contributed by atoms with van der Waals surface area (Å²) in [5.74, 6) is 0.622. The van der Waals surface area contributed by atoms with Crippen LogP contribution in [0.15, 0.2) is 24.5 Å². The minimum absolute atomic E-state index is 0.247. The molecule has 2 atom stereocenters. The molecule has 1 aliphatic rings. The molecule has 19 heavy (non-hydrogen) atoms. The van der Waals surface area contributed by atoms with E-state index in [-0.39, 0.29) is 6.04 Å². The first-order valence-electron chi connectivity index (χ1n) is 6.86. The lowest BCUT2D eigenvalue weighted by Crippen LogP contribution is -2.46. The lowest BCUT2D eigenvalue weighted by atomic mass is 9.96. The third kappa shape index (κ3) is 2.28. The van der Waals surface area contributed by atoms with E-state index in [1.807, 2.05) is 25.4 Å². The Morgan fingerprint density at radius 1 is 1.32 bits per heavy atom. The minimum atomic E-state index is 0.247. The molecule has 4 nitrogen and oxygen atoms in total. The van der Waals surface area contributed by atoms with Crippen LogP contribution in [0.1, 0.15) is 19.0 Å². The molecule has 0 bridgehead atoms. The maximum Gasteiger partial charge on any atom is 0.0935 e. The molecule has 3 rings (SSSR count). The van der Waals surface area contributed by atoms with E-state index in [1.54, 1.807) is 0 Å². The number of nitrogens with two attached hydrogens (primary N) is 1. The van der Waals surface area contributed by atoms with Crippen LogP contribution in [0.3, 0.4) is 0 Å². The highest BCUT2D eigenvalue weighted by Gasteiger charge is 2.24. The number of aromatic nitrogens is 2. The van der Waals surface area contributed by atoms with E-state index in [4.69, 9.17) is 5.73 Å². The number of fused-ring (bicyclic) bond motifs is 1. The quantitative estimate of drug-likeness (QED) is 0.849. The molecule has 1 saturated heterocycles. The van der Waals surface area contributed by atoms with E-state index in [2.05, 4.69) is 27.9 Å². The summed E-state index contributed by atoms with van der Waals surface area (Å²) in [5.41, 5.74) is 9.28. The van der Waals surface area contributed by atoms with Crippen LogP contribution in [-0.4, -0.2) is 29.1 Å². The lowest BCUT2D eigenvalue weighted by Gasteiger charge is -2.36. The topological polar surface area (TPSA) is 55.0 Å². The zero-order valence-electron chi connectivity index (χ0n) is 11.5. The molecule has 100 valence electrons. The first kappa shape index (κ1) is 12.4. The average Bonchev–Trinajstić information content (AvgIpc) is 2.38. The summed E-state index contributed by atoms with van der Waals surface area (Å²) in [7, 11) is 0. The van der Waals surface area contributed by atoms with Crippen LogP contribution in [0.2, 0.25) is 0 Å². The van der Waals surface area contributed by atoms with Crippen LogP contribution in [0.4, 0.5) is 5.69 Å². The molecule has 2 N–H and O–H groups in total. The summed E-state index contributed by atoms with van der Waals surface area (Å²) in [4.78, 5) is 11.3. The van der Waals surface area contributed by atoms with E-state index >= 15 is 0 Å². The molecule has 0 saturated carbocycles. The van der Waals surface area contributed by atoms with Crippen LogP contribution in [0.5, 0.6) is 0 Å². The van der Waals surface area contributed by atoms with E-state index in [9.17, 15) is 0 Å². The highest BCUT2D eigenvalue weighted by Crippen LogP contribution is 2.29. The van der Waals surface area contributed by atoms with Gasteiger partial charge in [0.25, 0.3) is 0 Å². The Balaban J connectivity index is 2.07. The maximum atomic E-state index is 6.15. The highest BCUT2D eigenvalue weighted by atomic mass is 15.2. The van der Waals surface area contributed by atoms with Crippen molar-refractivity contribution >= 4 is 16.6 Å². The van der Waals surface area contributed by atoms with Gasteiger partial charge in [-0.15, -0.1) is 0 Å². The van der Waals surface area contributed by atoms with Gasteiger partial charge in [-0.05, 0) is 31.4 Å². The molecule has 4 heteroatoms. The van der Waals surface area contributed by atoms with E-state index in [0.29, 0.717) is 5.92 Å². The van der Waals surface area contributed by atoms with Crippen LogP contribution >= 0.6 is 0 Å². The molecule has 2 aromatic rings. The molecule has 0 spiro atoms. The number of anilines is 1. The number of pyridine rings is 2. The summed E-state index contributed by atoms with van der Waals surface area (Å²) < 4.78 is 0. The summed E-state index contributed by atoms with van der Waals surface area (Å²) in [6, 6.07) is 4.35. The summed E-state index contributed by atoms with van der Waals surface area (Å²) >= 11 is 0. The van der Waals surface area contributed by atoms with Gasteiger partial charge in [0.05, 0.1) is 23.1 Å². The predicted octanol–water partition coefficient (Wildman–Crippen LogP) is 2.11. The van der Waals surface area contributed by atoms with Crippen LogP contribution in [0.25, 0.3) is 10.9 Å². The van der Waals surface area contributed by atoms with Gasteiger partial charge in [0, 0.05) is 30.7 Å². The van der Waals surface area contributed by atoms with Crippen molar-refractivity contribution in [2.75, 3.05) is 18.0 Å². The highest BCUT2D eigenvalue weighted by molar-refractivity contribution is 5.92. The van der Waals surface area contributed by atoms with Crippen LogP contribution < -0.4 is 10.6 Å². The van der Waals surface area contributed by atoms with Crippen molar-refractivity contribution < 1.29 is 0 Å². The minimum Gasteiger partial charge on any atom is -0.368 e. The second-order valence-corrected chi connectivity index (χ2v) is 5.63. The van der Waals surface area contributed by atoms with Gasteiger partial charge in [-0.2, -0.15) is 0 Å². The summed E-state index contributed by atoms with van der Waals surface area (Å²) in [5, 5.41) is 1.18. The summed E-state index contributed by atoms with van der Waals surface area (Å²) in [6.07, 6.45) is 4.89. The zero-order chi connectivity index (χ0) is 13.4. The van der Waals surface area contributed by atoms with Crippen LogP contribution in [-0.2, 0) is 0 Å². The Morgan fingerprint density at radius 3 is 2.95 bits per heavy atom. The first-order chi connectivity index (χ1) is 9.15. The van der Waals surface area contributed by atoms with Gasteiger partial charge in [-0.1, -0.05) is 6.92 Å². The molecule has 1 fully saturated rings. The SMILES string of the molecule is Cc1ncc(N2C[C@@H](C)C[C@@H](N)C2)c2cccnc12. The van der Waals surface area contributed by atoms with E-state index in [1.165, 1.54) is 5.39 Å². The van der Waals surface area contributed by atoms with E-state index < -0.39 is 0 Å². The van der Waals surface area contributed by atoms with Gasteiger partial charge >= 0.3 is 0 Å². The Morgan fingerprint density at radius 2 is 2.16 bits per heavy atom. The van der Waals surface area contributed by atoms with Crippen molar-refractivity contribution in [3.8, 4) is 0 Å². The van der Waals surface area contributed by atoms with Crippen molar-refractivity contribution in [3.63, 3.8) is 0 Å². The lowest BCUT2D eigenvalue weighted by molar-refractivity contribution is 0.402. The molecule has 0 amide bonds. The fourth-order valence-corrected chi connectivity index (χ4v) is 3.04. The van der Waals surface area contributed by atoms with Gasteiger partial charge < -0.3 is 10.6 Å². The molecular weight excluding hydrogens is 236 g/mol.